The summed E-state index contributed by atoms with van der Waals surface area (Å²) in [6.07, 6.45) is 1.54. The molecule has 0 bridgehead atoms. The first-order valence-corrected chi connectivity index (χ1v) is 10.7. The molecule has 0 fully saturated rings. The van der Waals surface area contributed by atoms with Crippen LogP contribution in [0, 0.1) is 12.7 Å². The summed E-state index contributed by atoms with van der Waals surface area (Å²) in [4.78, 5) is 28.5. The predicted octanol–water partition coefficient (Wildman–Crippen LogP) is 4.93. The summed E-state index contributed by atoms with van der Waals surface area (Å²) >= 11 is 1.28. The second kappa shape index (κ2) is 9.18. The van der Waals surface area contributed by atoms with Crippen LogP contribution in [0.2, 0.25) is 0 Å². The maximum atomic E-state index is 14.1. The lowest BCUT2D eigenvalue weighted by molar-refractivity contribution is -0.122. The molecule has 0 atom stereocenters. The van der Waals surface area contributed by atoms with E-state index in [2.05, 4.69) is 5.32 Å². The molecule has 0 spiro atoms. The molecule has 0 aromatic heterocycles. The van der Waals surface area contributed by atoms with Gasteiger partial charge in [0.05, 0.1) is 10.6 Å². The van der Waals surface area contributed by atoms with E-state index in [0.29, 0.717) is 22.7 Å². The normalized spacial score (nSPS) is 14.5. The van der Waals surface area contributed by atoms with Crippen LogP contribution >= 0.6 is 11.8 Å². The molecule has 1 N–H and O–H groups in total. The summed E-state index contributed by atoms with van der Waals surface area (Å²) in [6, 6.07) is 21.6. The van der Waals surface area contributed by atoms with Gasteiger partial charge in [-0.3, -0.25) is 14.5 Å². The highest BCUT2D eigenvalue weighted by Crippen LogP contribution is 2.42. The van der Waals surface area contributed by atoms with E-state index in [1.54, 1.807) is 18.2 Å². The van der Waals surface area contributed by atoms with E-state index in [1.807, 2.05) is 55.5 Å². The Morgan fingerprint density at radius 2 is 1.74 bits per heavy atom. The fraction of sp³-hybridized carbons (Fsp3) is 0.120. The maximum absolute atomic E-state index is 14.1. The van der Waals surface area contributed by atoms with Gasteiger partial charge in [-0.1, -0.05) is 71.9 Å². The number of benzene rings is 3. The molecule has 0 saturated carbocycles. The van der Waals surface area contributed by atoms with Crippen molar-refractivity contribution in [3.63, 3.8) is 0 Å². The molecular weight excluding hydrogens is 411 g/mol. The van der Waals surface area contributed by atoms with Crippen molar-refractivity contribution in [2.24, 2.45) is 0 Å². The van der Waals surface area contributed by atoms with Crippen molar-refractivity contribution in [1.29, 1.82) is 0 Å². The van der Waals surface area contributed by atoms with E-state index in [9.17, 15) is 14.0 Å². The highest BCUT2D eigenvalue weighted by atomic mass is 32.2. The van der Waals surface area contributed by atoms with E-state index in [4.69, 9.17) is 0 Å². The van der Waals surface area contributed by atoms with Crippen LogP contribution in [0.15, 0.2) is 82.6 Å². The van der Waals surface area contributed by atoms with Gasteiger partial charge in [-0.15, -0.1) is 0 Å². The first-order valence-electron chi connectivity index (χ1n) is 9.88. The molecule has 1 heterocycles. The Bertz CT molecular complexity index is 1160. The lowest BCUT2D eigenvalue weighted by atomic mass is 10.1. The Kier molecular flexibility index (Phi) is 6.18. The number of anilines is 1. The van der Waals surface area contributed by atoms with Crippen LogP contribution < -0.4 is 10.2 Å². The molecule has 156 valence electrons. The first-order chi connectivity index (χ1) is 15.0. The molecule has 3 aromatic rings. The summed E-state index contributed by atoms with van der Waals surface area (Å²) in [6.45, 7) is 2.28. The molecule has 4 rings (SSSR count). The van der Waals surface area contributed by atoms with Gasteiger partial charge in [0.1, 0.15) is 12.4 Å². The predicted molar refractivity (Wildman–Crippen MR) is 122 cm³/mol. The Balaban J connectivity index is 1.55. The Morgan fingerprint density at radius 3 is 2.52 bits per heavy atom. The van der Waals surface area contributed by atoms with Crippen LogP contribution in [0.3, 0.4) is 0 Å². The number of hydrogen-bond donors (Lipinski definition) is 1. The van der Waals surface area contributed by atoms with Crippen molar-refractivity contribution in [3.05, 3.63) is 100 Å². The van der Waals surface area contributed by atoms with Gasteiger partial charge in [0.2, 0.25) is 5.91 Å². The number of aryl methyl sites for hydroxylation is 1. The molecular formula is C25H21FN2O2S. The zero-order chi connectivity index (χ0) is 21.8. The molecule has 0 unspecified atom stereocenters. The van der Waals surface area contributed by atoms with Crippen LogP contribution in [0.4, 0.5) is 10.1 Å². The quantitative estimate of drug-likeness (QED) is 0.582. The van der Waals surface area contributed by atoms with Crippen molar-refractivity contribution in [3.8, 4) is 0 Å². The van der Waals surface area contributed by atoms with Gasteiger partial charge in [-0.25, -0.2) is 4.39 Å². The van der Waals surface area contributed by atoms with Gasteiger partial charge in [0.25, 0.3) is 5.91 Å². The number of rotatable bonds is 5. The molecule has 4 nitrogen and oxygen atoms in total. The SMILES string of the molecule is Cc1ccc(CNC(=O)CN2C(=O)C(=Cc3ccccc3F)Sc3ccccc32)cc1. The van der Waals surface area contributed by atoms with Gasteiger partial charge in [-0.05, 0) is 36.8 Å². The number of para-hydroxylation sites is 1. The van der Waals surface area contributed by atoms with Crippen molar-refractivity contribution in [2.45, 2.75) is 18.4 Å². The van der Waals surface area contributed by atoms with E-state index in [1.165, 1.54) is 28.8 Å². The van der Waals surface area contributed by atoms with Gasteiger partial charge in [0.15, 0.2) is 0 Å². The Morgan fingerprint density at radius 1 is 1.03 bits per heavy atom. The molecule has 6 heteroatoms. The number of fused-ring (bicyclic) bond motifs is 1. The lowest BCUT2D eigenvalue weighted by Crippen LogP contribution is -2.42. The van der Waals surface area contributed by atoms with Gasteiger partial charge >= 0.3 is 0 Å². The monoisotopic (exact) mass is 432 g/mol. The number of nitrogens with zero attached hydrogens (tertiary/aromatic N) is 1. The Hall–Kier alpha value is -3.38. The number of carbonyl (C=O) groups excluding carboxylic acids is 2. The number of thioether (sulfide) groups is 1. The van der Waals surface area contributed by atoms with Crippen molar-refractivity contribution >= 4 is 35.3 Å². The Labute approximate surface area is 184 Å². The summed E-state index contributed by atoms with van der Waals surface area (Å²) in [5.74, 6) is -0.983. The number of nitrogens with one attached hydrogen (secondary N) is 1. The third-order valence-corrected chi connectivity index (χ3v) is 6.01. The van der Waals surface area contributed by atoms with Gasteiger partial charge in [-0.2, -0.15) is 0 Å². The largest absolute Gasteiger partial charge is 0.350 e. The fourth-order valence-electron chi connectivity index (χ4n) is 3.26. The van der Waals surface area contributed by atoms with E-state index < -0.39 is 5.82 Å². The number of hydrogen-bond acceptors (Lipinski definition) is 3. The zero-order valence-corrected chi connectivity index (χ0v) is 17.8. The van der Waals surface area contributed by atoms with Crippen LogP contribution in [-0.2, 0) is 16.1 Å². The van der Waals surface area contributed by atoms with Crippen LogP contribution in [0.25, 0.3) is 6.08 Å². The lowest BCUT2D eigenvalue weighted by Gasteiger charge is -2.29. The van der Waals surface area contributed by atoms with Crippen LogP contribution in [0.1, 0.15) is 16.7 Å². The second-order valence-electron chi connectivity index (χ2n) is 7.25. The topological polar surface area (TPSA) is 49.4 Å². The molecule has 0 aliphatic carbocycles. The van der Waals surface area contributed by atoms with Crippen molar-refractivity contribution < 1.29 is 14.0 Å². The summed E-state index contributed by atoms with van der Waals surface area (Å²) in [5.41, 5.74) is 3.15. The minimum Gasteiger partial charge on any atom is -0.350 e. The first kappa shape index (κ1) is 20.9. The number of halogens is 1. The summed E-state index contributed by atoms with van der Waals surface area (Å²) in [5, 5.41) is 2.87. The zero-order valence-electron chi connectivity index (χ0n) is 17.0. The smallest absolute Gasteiger partial charge is 0.265 e. The molecule has 2 amide bonds. The molecule has 1 aliphatic heterocycles. The number of amides is 2. The standard InChI is InChI=1S/C25H21FN2O2S/c1-17-10-12-18(13-11-17)15-27-24(29)16-28-21-8-4-5-9-22(21)31-23(25(28)30)14-19-6-2-3-7-20(19)26/h2-14H,15-16H2,1H3,(H,27,29). The highest BCUT2D eigenvalue weighted by molar-refractivity contribution is 8.04. The van der Waals surface area contributed by atoms with E-state index in [0.717, 1.165) is 16.0 Å². The molecule has 0 radical (unpaired) electrons. The van der Waals surface area contributed by atoms with E-state index in [-0.39, 0.29) is 18.4 Å². The third-order valence-electron chi connectivity index (χ3n) is 4.94. The average molecular weight is 433 g/mol. The van der Waals surface area contributed by atoms with Gasteiger partial charge in [0, 0.05) is 17.0 Å². The third kappa shape index (κ3) is 4.86. The highest BCUT2D eigenvalue weighted by Gasteiger charge is 2.30. The van der Waals surface area contributed by atoms with Crippen LogP contribution in [0.5, 0.6) is 0 Å². The summed E-state index contributed by atoms with van der Waals surface area (Å²) < 4.78 is 14.1. The maximum Gasteiger partial charge on any atom is 0.265 e. The molecule has 31 heavy (non-hydrogen) atoms. The molecule has 1 aliphatic rings. The van der Waals surface area contributed by atoms with Crippen molar-refractivity contribution in [1.82, 2.24) is 5.32 Å². The fourth-order valence-corrected chi connectivity index (χ4v) is 4.31. The molecule has 3 aromatic carbocycles. The second-order valence-corrected chi connectivity index (χ2v) is 8.34. The van der Waals surface area contributed by atoms with Crippen molar-refractivity contribution in [2.75, 3.05) is 11.4 Å². The van der Waals surface area contributed by atoms with Gasteiger partial charge < -0.3 is 5.32 Å². The molecule has 0 saturated heterocycles. The summed E-state index contributed by atoms with van der Waals surface area (Å²) in [7, 11) is 0. The minimum atomic E-state index is -0.398. The minimum absolute atomic E-state index is 0.114. The number of carbonyl (C=O) groups is 2. The van der Waals surface area contributed by atoms with E-state index >= 15 is 0 Å². The van der Waals surface area contributed by atoms with Crippen LogP contribution in [-0.4, -0.2) is 18.4 Å². The average Bonchev–Trinajstić information content (AvgIpc) is 2.77.